The molecule has 0 aliphatic rings. The largest absolute Gasteiger partial charge is 0.367 e. The highest BCUT2D eigenvalue weighted by Gasteiger charge is 2.34. The lowest BCUT2D eigenvalue weighted by Gasteiger charge is -2.19. The maximum Gasteiger partial charge on any atom is 0.212 e. The lowest BCUT2D eigenvalue weighted by molar-refractivity contribution is 0.144. The number of rotatable bonds is 3. The first kappa shape index (κ1) is 13.0. The lowest BCUT2D eigenvalue weighted by Crippen LogP contribution is -2.25. The molecule has 2 aromatic rings. The molecule has 1 aromatic carbocycles. The molecule has 0 fully saturated rings. The van der Waals surface area contributed by atoms with Crippen LogP contribution < -0.4 is 0 Å². The Balaban J connectivity index is 2.52. The zero-order valence-electron chi connectivity index (χ0n) is 9.95. The van der Waals surface area contributed by atoms with Crippen molar-refractivity contribution in [1.82, 2.24) is 0 Å². The molecule has 19 heavy (non-hydrogen) atoms. The molecule has 0 spiro atoms. The van der Waals surface area contributed by atoms with Gasteiger partial charge in [0.05, 0.1) is 11.6 Å². The first-order valence-corrected chi connectivity index (χ1v) is 6.43. The minimum atomic E-state index is -1.92. The van der Waals surface area contributed by atoms with E-state index in [-0.39, 0.29) is 5.57 Å². The van der Waals surface area contributed by atoms with Crippen molar-refractivity contribution in [3.8, 4) is 12.1 Å². The molecular weight excluding hydrogens is 256 g/mol. The molecule has 0 radical (unpaired) electrons. The summed E-state index contributed by atoms with van der Waals surface area (Å²) in [5.41, 5.74) is -1.51. The van der Waals surface area contributed by atoms with E-state index < -0.39 is 5.60 Å². The minimum Gasteiger partial charge on any atom is -0.367 e. The van der Waals surface area contributed by atoms with E-state index in [1.807, 2.05) is 29.7 Å². The summed E-state index contributed by atoms with van der Waals surface area (Å²) in [5, 5.41) is 30.9. The highest BCUT2D eigenvalue weighted by molar-refractivity contribution is 7.10. The first-order valence-electron chi connectivity index (χ1n) is 5.55. The van der Waals surface area contributed by atoms with E-state index in [0.717, 1.165) is 4.88 Å². The third-order valence-corrected chi connectivity index (χ3v) is 3.51. The van der Waals surface area contributed by atoms with Crippen molar-refractivity contribution in [3.63, 3.8) is 0 Å². The van der Waals surface area contributed by atoms with Gasteiger partial charge in [0.25, 0.3) is 0 Å². The second-order valence-corrected chi connectivity index (χ2v) is 4.85. The Morgan fingerprint density at radius 3 is 2.42 bits per heavy atom. The molecule has 0 saturated heterocycles. The highest BCUT2D eigenvalue weighted by atomic mass is 32.1. The number of nitrogens with zero attached hydrogens (tertiary/aromatic N) is 2. The molecule has 1 atom stereocenters. The quantitative estimate of drug-likeness (QED) is 0.685. The molecule has 0 aliphatic carbocycles. The van der Waals surface area contributed by atoms with Gasteiger partial charge in [-0.2, -0.15) is 10.5 Å². The molecule has 1 N–H and O–H groups in total. The van der Waals surface area contributed by atoms with Crippen LogP contribution in [0.4, 0.5) is 0 Å². The van der Waals surface area contributed by atoms with Crippen LogP contribution in [0.15, 0.2) is 53.4 Å². The fraction of sp³-hybridized carbons (Fsp3) is 0.0667. The fourth-order valence-corrected chi connectivity index (χ4v) is 2.35. The molecule has 1 aromatic heterocycles. The number of hydrogen-bond acceptors (Lipinski definition) is 4. The zero-order valence-corrected chi connectivity index (χ0v) is 10.8. The molecule has 1 unspecified atom stereocenters. The van der Waals surface area contributed by atoms with E-state index in [2.05, 4.69) is 0 Å². The van der Waals surface area contributed by atoms with Gasteiger partial charge in [-0.1, -0.05) is 36.4 Å². The Kier molecular flexibility index (Phi) is 3.77. The number of benzene rings is 1. The van der Waals surface area contributed by atoms with Gasteiger partial charge in [-0.25, -0.2) is 0 Å². The van der Waals surface area contributed by atoms with Gasteiger partial charge in [-0.05, 0) is 17.5 Å². The van der Waals surface area contributed by atoms with Crippen molar-refractivity contribution < 1.29 is 5.11 Å². The summed E-state index contributed by atoms with van der Waals surface area (Å²) in [6.45, 7) is 0. The Hall–Kier alpha value is -2.40. The number of thiophene rings is 1. The van der Waals surface area contributed by atoms with Gasteiger partial charge in [-0.3, -0.25) is 0 Å². The van der Waals surface area contributed by atoms with Gasteiger partial charge in [0.1, 0.15) is 6.07 Å². The molecule has 4 heteroatoms. The fourth-order valence-electron chi connectivity index (χ4n) is 1.69. The molecule has 1 heterocycles. The van der Waals surface area contributed by atoms with E-state index in [1.165, 1.54) is 11.3 Å². The van der Waals surface area contributed by atoms with Crippen molar-refractivity contribution >= 4 is 17.4 Å². The van der Waals surface area contributed by atoms with E-state index in [1.54, 1.807) is 36.4 Å². The van der Waals surface area contributed by atoms with E-state index in [4.69, 9.17) is 0 Å². The summed E-state index contributed by atoms with van der Waals surface area (Å²) in [4.78, 5) is 0.821. The smallest absolute Gasteiger partial charge is 0.212 e. The molecule has 0 bridgehead atoms. The standard InChI is InChI=1S/C15H10N2OS/c16-10-13(9-14-7-4-8-19-14)15(18,11-17)12-5-2-1-3-6-12/h1-9,18H. The average molecular weight is 266 g/mol. The summed E-state index contributed by atoms with van der Waals surface area (Å²) in [7, 11) is 0. The molecule has 3 nitrogen and oxygen atoms in total. The molecular formula is C15H10N2OS. The zero-order chi connectivity index (χ0) is 13.7. The second-order valence-electron chi connectivity index (χ2n) is 3.87. The Morgan fingerprint density at radius 1 is 1.16 bits per heavy atom. The molecule has 0 saturated carbocycles. The topological polar surface area (TPSA) is 67.8 Å². The van der Waals surface area contributed by atoms with Gasteiger partial charge in [-0.15, -0.1) is 11.3 Å². The van der Waals surface area contributed by atoms with Gasteiger partial charge in [0, 0.05) is 10.4 Å². The molecule has 0 amide bonds. The number of aliphatic hydroxyl groups is 1. The minimum absolute atomic E-state index is 0.0173. The molecule has 0 aliphatic heterocycles. The maximum absolute atomic E-state index is 10.5. The van der Waals surface area contributed by atoms with Crippen molar-refractivity contribution in [2.75, 3.05) is 0 Å². The summed E-state index contributed by atoms with van der Waals surface area (Å²) in [6.07, 6.45) is 1.54. The van der Waals surface area contributed by atoms with Crippen LogP contribution in [-0.4, -0.2) is 5.11 Å². The first-order chi connectivity index (χ1) is 9.20. The van der Waals surface area contributed by atoms with Crippen LogP contribution in [0.5, 0.6) is 0 Å². The van der Waals surface area contributed by atoms with E-state index in [9.17, 15) is 15.6 Å². The summed E-state index contributed by atoms with van der Waals surface area (Å²) >= 11 is 1.44. The van der Waals surface area contributed by atoms with Crippen molar-refractivity contribution in [2.45, 2.75) is 5.60 Å². The predicted molar refractivity (Wildman–Crippen MR) is 73.9 cm³/mol. The van der Waals surface area contributed by atoms with Gasteiger partial charge >= 0.3 is 0 Å². The predicted octanol–water partition coefficient (Wildman–Crippen LogP) is 3.07. The average Bonchev–Trinajstić information content (AvgIpc) is 2.98. The molecule has 2 rings (SSSR count). The highest BCUT2D eigenvalue weighted by Crippen LogP contribution is 2.30. The number of nitriles is 2. The van der Waals surface area contributed by atoms with Crippen LogP contribution in [0.1, 0.15) is 10.4 Å². The van der Waals surface area contributed by atoms with Crippen LogP contribution in [0.3, 0.4) is 0 Å². The van der Waals surface area contributed by atoms with Crippen molar-refractivity contribution in [2.24, 2.45) is 0 Å². The Morgan fingerprint density at radius 2 is 1.89 bits per heavy atom. The van der Waals surface area contributed by atoms with E-state index >= 15 is 0 Å². The second kappa shape index (κ2) is 5.49. The van der Waals surface area contributed by atoms with Crippen LogP contribution in [0.2, 0.25) is 0 Å². The lowest BCUT2D eigenvalue weighted by atomic mass is 9.87. The van der Waals surface area contributed by atoms with Gasteiger partial charge < -0.3 is 5.11 Å². The monoisotopic (exact) mass is 266 g/mol. The van der Waals surface area contributed by atoms with Crippen LogP contribution in [-0.2, 0) is 5.60 Å². The number of hydrogen-bond donors (Lipinski definition) is 1. The summed E-state index contributed by atoms with van der Waals surface area (Å²) in [6, 6.07) is 15.9. The van der Waals surface area contributed by atoms with Crippen LogP contribution in [0, 0.1) is 22.7 Å². The SMILES string of the molecule is N#CC(=Cc1cccs1)C(O)(C#N)c1ccccc1. The van der Waals surface area contributed by atoms with Gasteiger partial charge in [0.15, 0.2) is 0 Å². The molecule has 92 valence electrons. The Bertz CT molecular complexity index is 662. The van der Waals surface area contributed by atoms with Crippen LogP contribution >= 0.6 is 11.3 Å². The summed E-state index contributed by atoms with van der Waals surface area (Å²) in [5.74, 6) is 0. The maximum atomic E-state index is 10.5. The normalized spacial score (nSPS) is 14.2. The third kappa shape index (κ3) is 2.56. The summed E-state index contributed by atoms with van der Waals surface area (Å²) < 4.78 is 0. The third-order valence-electron chi connectivity index (χ3n) is 2.69. The Labute approximate surface area is 115 Å². The van der Waals surface area contributed by atoms with Crippen molar-refractivity contribution in [3.05, 3.63) is 63.9 Å². The van der Waals surface area contributed by atoms with Crippen molar-refractivity contribution in [1.29, 1.82) is 10.5 Å². The van der Waals surface area contributed by atoms with Crippen LogP contribution in [0.25, 0.3) is 6.08 Å². The van der Waals surface area contributed by atoms with Gasteiger partial charge in [0.2, 0.25) is 5.60 Å². The van der Waals surface area contributed by atoms with E-state index in [0.29, 0.717) is 5.56 Å².